The molecule has 12 rings (SSSR count). The van der Waals surface area contributed by atoms with Gasteiger partial charge >= 0.3 is 0 Å². The summed E-state index contributed by atoms with van der Waals surface area (Å²) in [4.78, 5) is 2.45. The first kappa shape index (κ1) is 30.8. The predicted octanol–water partition coefficient (Wildman–Crippen LogP) is 15.3. The van der Waals surface area contributed by atoms with Gasteiger partial charge in [0.25, 0.3) is 0 Å². The van der Waals surface area contributed by atoms with E-state index in [0.717, 1.165) is 66.5 Å². The molecule has 0 saturated heterocycles. The summed E-state index contributed by atoms with van der Waals surface area (Å²) in [7, 11) is 0. The second kappa shape index (κ2) is 11.2. The number of benzene rings is 8. The average Bonchev–Trinajstić information content (AvgIpc) is 3.95. The molecule has 0 N–H and O–H groups in total. The third-order valence-electron chi connectivity index (χ3n) is 11.9. The largest absolute Gasteiger partial charge is 0.456 e. The van der Waals surface area contributed by atoms with Crippen LogP contribution in [0.2, 0.25) is 0 Å². The molecule has 0 saturated carbocycles. The summed E-state index contributed by atoms with van der Waals surface area (Å²) < 4.78 is 15.7. The van der Waals surface area contributed by atoms with Crippen LogP contribution in [0.4, 0.5) is 17.1 Å². The molecule has 1 aliphatic carbocycles. The van der Waals surface area contributed by atoms with Crippen LogP contribution in [0, 0.1) is 0 Å². The van der Waals surface area contributed by atoms with Crippen molar-refractivity contribution in [2.45, 2.75) is 19.3 Å². The first-order valence-electron chi connectivity index (χ1n) is 18.8. The molecule has 0 unspecified atom stereocenters. The number of rotatable bonds is 4. The van der Waals surface area contributed by atoms with Gasteiger partial charge < -0.3 is 13.7 Å². The van der Waals surface area contributed by atoms with Gasteiger partial charge in [0.15, 0.2) is 0 Å². The van der Waals surface area contributed by atoms with Crippen LogP contribution >= 0.6 is 11.3 Å². The Morgan fingerprint density at radius 2 is 1.07 bits per heavy atom. The summed E-state index contributed by atoms with van der Waals surface area (Å²) in [5, 5.41) is 6.77. The lowest BCUT2D eigenvalue weighted by Crippen LogP contribution is -2.16. The molecule has 3 heterocycles. The fourth-order valence-corrected chi connectivity index (χ4v) is 10.3. The van der Waals surface area contributed by atoms with Crippen LogP contribution in [0.5, 0.6) is 0 Å². The second-order valence-corrected chi connectivity index (χ2v) is 16.4. The highest BCUT2D eigenvalue weighted by molar-refractivity contribution is 7.26. The topological polar surface area (TPSA) is 29.5 Å². The van der Waals surface area contributed by atoms with E-state index >= 15 is 0 Å². The lowest BCUT2D eigenvalue weighted by atomic mass is 9.82. The number of anilines is 3. The third-order valence-corrected chi connectivity index (χ3v) is 13.0. The van der Waals surface area contributed by atoms with Gasteiger partial charge in [-0.1, -0.05) is 105 Å². The molecule has 260 valence electrons. The summed E-state index contributed by atoms with van der Waals surface area (Å²) >= 11 is 1.85. The van der Waals surface area contributed by atoms with Gasteiger partial charge in [-0.3, -0.25) is 0 Å². The summed E-state index contributed by atoms with van der Waals surface area (Å²) in [6, 6.07) is 59.3. The molecule has 8 aromatic carbocycles. The molecule has 0 atom stereocenters. The van der Waals surface area contributed by atoms with Gasteiger partial charge in [0.05, 0.1) is 5.69 Å². The van der Waals surface area contributed by atoms with Crippen LogP contribution < -0.4 is 4.90 Å². The molecular weight excluding hydrogens is 691 g/mol. The Morgan fingerprint density at radius 3 is 1.91 bits per heavy atom. The van der Waals surface area contributed by atoms with Crippen molar-refractivity contribution >= 4 is 92.4 Å². The molecule has 0 bridgehead atoms. The first-order chi connectivity index (χ1) is 27.0. The minimum Gasteiger partial charge on any atom is -0.456 e. The zero-order valence-electron chi connectivity index (χ0n) is 30.3. The molecule has 3 nitrogen and oxygen atoms in total. The second-order valence-electron chi connectivity index (χ2n) is 15.3. The minimum absolute atomic E-state index is 0.126. The maximum Gasteiger partial charge on any atom is 0.136 e. The smallest absolute Gasteiger partial charge is 0.136 e. The molecule has 1 aliphatic rings. The van der Waals surface area contributed by atoms with Crippen molar-refractivity contribution in [2.75, 3.05) is 4.90 Å². The Hall–Kier alpha value is -6.62. The predicted molar refractivity (Wildman–Crippen MR) is 232 cm³/mol. The fraction of sp³-hybridized carbons (Fsp3) is 0.0588. The molecule has 0 radical (unpaired) electrons. The summed E-state index contributed by atoms with van der Waals surface area (Å²) in [5.74, 6) is 0. The highest BCUT2D eigenvalue weighted by Gasteiger charge is 2.36. The number of nitrogens with zero attached hydrogens (tertiary/aromatic N) is 1. The van der Waals surface area contributed by atoms with E-state index in [1.54, 1.807) is 0 Å². The van der Waals surface area contributed by atoms with Gasteiger partial charge in [-0.05, 0) is 106 Å². The van der Waals surface area contributed by atoms with E-state index in [4.69, 9.17) is 8.83 Å². The lowest BCUT2D eigenvalue weighted by Gasteiger charge is -2.29. The summed E-state index contributed by atoms with van der Waals surface area (Å²) in [5.41, 5.74) is 14.4. The van der Waals surface area contributed by atoms with Crippen molar-refractivity contribution in [1.29, 1.82) is 0 Å². The normalized spacial score (nSPS) is 13.4. The lowest BCUT2D eigenvalue weighted by molar-refractivity contribution is 0.660. The van der Waals surface area contributed by atoms with Crippen molar-refractivity contribution in [3.63, 3.8) is 0 Å². The highest BCUT2D eigenvalue weighted by Crippen LogP contribution is 2.52. The van der Waals surface area contributed by atoms with Crippen molar-refractivity contribution in [3.05, 3.63) is 175 Å². The number of thiophene rings is 1. The summed E-state index contributed by atoms with van der Waals surface area (Å²) in [6.45, 7) is 4.70. The number of fused-ring (bicyclic) bond motifs is 12. The van der Waals surface area contributed by atoms with E-state index in [1.165, 1.54) is 48.0 Å². The number of hydrogen-bond donors (Lipinski definition) is 0. The zero-order valence-corrected chi connectivity index (χ0v) is 31.1. The Kier molecular flexibility index (Phi) is 6.27. The van der Waals surface area contributed by atoms with Crippen molar-refractivity contribution in [3.8, 4) is 22.3 Å². The van der Waals surface area contributed by atoms with Crippen LogP contribution in [0.1, 0.15) is 25.0 Å². The van der Waals surface area contributed by atoms with Gasteiger partial charge in [0.2, 0.25) is 0 Å². The van der Waals surface area contributed by atoms with E-state index in [1.807, 2.05) is 17.4 Å². The molecule has 11 aromatic rings. The molecule has 3 aromatic heterocycles. The quantitative estimate of drug-likeness (QED) is 0.181. The van der Waals surface area contributed by atoms with Crippen LogP contribution in [-0.2, 0) is 5.41 Å². The van der Waals surface area contributed by atoms with Gasteiger partial charge in [-0.15, -0.1) is 11.3 Å². The number of hydrogen-bond acceptors (Lipinski definition) is 4. The highest BCUT2D eigenvalue weighted by atomic mass is 32.1. The Balaban J connectivity index is 1.08. The Morgan fingerprint density at radius 1 is 0.436 bits per heavy atom. The van der Waals surface area contributed by atoms with Crippen molar-refractivity contribution in [2.24, 2.45) is 0 Å². The standard InChI is InChI=1S/C51H33NO2S/c1-51(2)41-15-8-6-13-34(41)35-22-20-33(27-42(35)51)52(43-16-10-18-49-50(43)36-14-7-9-17-48(36)55-49)32-21-24-45-38(26-32)40-29-46-39(28-47(40)54-45)37-25-31(19-23-44(37)53-46)30-11-4-3-5-12-30/h3-29H,1-2H3. The first-order valence-corrected chi connectivity index (χ1v) is 19.6. The third kappa shape index (κ3) is 4.43. The molecule has 4 heteroatoms. The van der Waals surface area contributed by atoms with Gasteiger partial charge in [-0.25, -0.2) is 0 Å². The van der Waals surface area contributed by atoms with Gasteiger partial charge in [0.1, 0.15) is 22.3 Å². The van der Waals surface area contributed by atoms with Crippen LogP contribution in [-0.4, -0.2) is 0 Å². The minimum atomic E-state index is -0.126. The average molecular weight is 724 g/mol. The van der Waals surface area contributed by atoms with Gasteiger partial charge in [0, 0.05) is 58.5 Å². The Labute approximate surface area is 321 Å². The van der Waals surface area contributed by atoms with E-state index in [9.17, 15) is 0 Å². The monoisotopic (exact) mass is 723 g/mol. The maximum atomic E-state index is 6.62. The zero-order chi connectivity index (χ0) is 36.4. The number of furan rings is 2. The Bertz CT molecular complexity index is 3360. The molecule has 0 fully saturated rings. The van der Waals surface area contributed by atoms with Crippen molar-refractivity contribution in [1.82, 2.24) is 0 Å². The van der Waals surface area contributed by atoms with E-state index in [-0.39, 0.29) is 5.41 Å². The van der Waals surface area contributed by atoms with E-state index in [0.29, 0.717) is 0 Å². The van der Waals surface area contributed by atoms with Crippen LogP contribution in [0.25, 0.3) is 86.3 Å². The summed E-state index contributed by atoms with van der Waals surface area (Å²) in [6.07, 6.45) is 0. The molecule has 0 spiro atoms. The van der Waals surface area contributed by atoms with Crippen LogP contribution in [0.15, 0.2) is 173 Å². The fourth-order valence-electron chi connectivity index (χ4n) is 9.18. The van der Waals surface area contributed by atoms with Crippen molar-refractivity contribution < 1.29 is 8.83 Å². The molecule has 0 aliphatic heterocycles. The molecule has 0 amide bonds. The van der Waals surface area contributed by atoms with Gasteiger partial charge in [-0.2, -0.15) is 0 Å². The molecule has 55 heavy (non-hydrogen) atoms. The SMILES string of the molecule is CC1(C)c2ccccc2-c2ccc(N(c3ccc4oc5cc6c(cc5c4c3)oc3ccc(-c4ccccc4)cc36)c3cccc4sc5ccccc5c34)cc21. The van der Waals surface area contributed by atoms with E-state index < -0.39 is 0 Å². The molecular formula is C51H33NO2S. The van der Waals surface area contributed by atoms with E-state index in [2.05, 4.69) is 176 Å². The van der Waals surface area contributed by atoms with Crippen LogP contribution in [0.3, 0.4) is 0 Å². The maximum absolute atomic E-state index is 6.62.